The van der Waals surface area contributed by atoms with Crippen LogP contribution in [-0.4, -0.2) is 80.1 Å². The third kappa shape index (κ3) is 3.79. The molecule has 2 unspecified atom stereocenters. The number of aliphatic imine (C=N–C) groups is 1. The summed E-state index contributed by atoms with van der Waals surface area (Å²) in [6, 6.07) is 0.160. The third-order valence-electron chi connectivity index (χ3n) is 6.19. The predicted molar refractivity (Wildman–Crippen MR) is 101 cm³/mol. The van der Waals surface area contributed by atoms with Crippen LogP contribution in [0, 0.1) is 11.8 Å². The number of hydrogen-bond donors (Lipinski definition) is 3. The summed E-state index contributed by atoms with van der Waals surface area (Å²) >= 11 is 0. The number of likely N-dealkylation sites (tertiary alicyclic amines) is 1. The zero-order valence-electron chi connectivity index (χ0n) is 16.3. The van der Waals surface area contributed by atoms with Crippen molar-refractivity contribution in [1.29, 1.82) is 0 Å². The SMILES string of the molecule is CN=C(NCC(C1CC1)N(C)C)N1CCC(C2(C)NC(=O)NC2=O)CC1. The maximum Gasteiger partial charge on any atom is 0.322 e. The van der Waals surface area contributed by atoms with Crippen LogP contribution in [0.5, 0.6) is 0 Å². The second-order valence-electron chi connectivity index (χ2n) is 8.17. The molecule has 146 valence electrons. The minimum Gasteiger partial charge on any atom is -0.355 e. The van der Waals surface area contributed by atoms with Gasteiger partial charge in [0.25, 0.3) is 5.91 Å². The number of nitrogens with zero attached hydrogens (tertiary/aromatic N) is 3. The summed E-state index contributed by atoms with van der Waals surface area (Å²) in [6.07, 6.45) is 4.34. The summed E-state index contributed by atoms with van der Waals surface area (Å²) in [5.41, 5.74) is -0.790. The number of piperidine rings is 1. The number of rotatable bonds is 5. The molecule has 2 saturated heterocycles. The molecule has 3 amide bonds. The van der Waals surface area contributed by atoms with Crippen molar-refractivity contribution in [3.05, 3.63) is 0 Å². The highest BCUT2D eigenvalue weighted by molar-refractivity contribution is 6.07. The van der Waals surface area contributed by atoms with E-state index < -0.39 is 5.54 Å². The molecule has 2 aliphatic heterocycles. The lowest BCUT2D eigenvalue weighted by Gasteiger charge is -2.40. The molecular formula is C18H32N6O2. The Labute approximate surface area is 155 Å². The number of carbonyl (C=O) groups is 2. The largest absolute Gasteiger partial charge is 0.355 e. The molecular weight excluding hydrogens is 332 g/mol. The van der Waals surface area contributed by atoms with Gasteiger partial charge in [0.2, 0.25) is 0 Å². The van der Waals surface area contributed by atoms with E-state index in [1.165, 1.54) is 12.8 Å². The lowest BCUT2D eigenvalue weighted by atomic mass is 9.79. The molecule has 0 aromatic carbocycles. The summed E-state index contributed by atoms with van der Waals surface area (Å²) in [5.74, 6) is 1.66. The lowest BCUT2D eigenvalue weighted by Crippen LogP contribution is -2.56. The van der Waals surface area contributed by atoms with E-state index in [9.17, 15) is 9.59 Å². The smallest absolute Gasteiger partial charge is 0.322 e. The van der Waals surface area contributed by atoms with Crippen LogP contribution in [0.2, 0.25) is 0 Å². The van der Waals surface area contributed by atoms with Crippen molar-refractivity contribution < 1.29 is 9.59 Å². The number of hydrogen-bond acceptors (Lipinski definition) is 4. The normalized spacial score (nSPS) is 29.0. The van der Waals surface area contributed by atoms with Crippen LogP contribution in [0.1, 0.15) is 32.6 Å². The van der Waals surface area contributed by atoms with Crippen molar-refractivity contribution in [2.45, 2.75) is 44.2 Å². The van der Waals surface area contributed by atoms with Gasteiger partial charge in [-0.15, -0.1) is 0 Å². The molecule has 3 aliphatic rings. The topological polar surface area (TPSA) is 89.1 Å². The summed E-state index contributed by atoms with van der Waals surface area (Å²) in [7, 11) is 6.10. The highest BCUT2D eigenvalue weighted by Gasteiger charge is 2.48. The highest BCUT2D eigenvalue weighted by Crippen LogP contribution is 2.34. The summed E-state index contributed by atoms with van der Waals surface area (Å²) in [5, 5.41) is 8.71. The van der Waals surface area contributed by atoms with E-state index in [1.54, 1.807) is 0 Å². The molecule has 26 heavy (non-hydrogen) atoms. The fourth-order valence-electron chi connectivity index (χ4n) is 4.29. The molecule has 8 nitrogen and oxygen atoms in total. The Morgan fingerprint density at radius 1 is 1.31 bits per heavy atom. The van der Waals surface area contributed by atoms with Gasteiger partial charge in [-0.3, -0.25) is 15.1 Å². The van der Waals surface area contributed by atoms with Crippen molar-refractivity contribution in [2.75, 3.05) is 40.8 Å². The highest BCUT2D eigenvalue weighted by atomic mass is 16.2. The summed E-state index contributed by atoms with van der Waals surface area (Å²) < 4.78 is 0. The number of urea groups is 1. The average molecular weight is 364 g/mol. The average Bonchev–Trinajstić information content (AvgIpc) is 3.39. The van der Waals surface area contributed by atoms with Gasteiger partial charge in [0.1, 0.15) is 5.54 Å². The number of nitrogens with one attached hydrogen (secondary N) is 3. The van der Waals surface area contributed by atoms with E-state index in [4.69, 9.17) is 0 Å². The number of carbonyl (C=O) groups excluding carboxylic acids is 2. The van der Waals surface area contributed by atoms with Crippen LogP contribution in [0.25, 0.3) is 0 Å². The molecule has 1 aliphatic carbocycles. The Hall–Kier alpha value is -1.83. The predicted octanol–water partition coefficient (Wildman–Crippen LogP) is 0.212. The fourth-order valence-corrected chi connectivity index (χ4v) is 4.29. The van der Waals surface area contributed by atoms with E-state index in [1.807, 2.05) is 14.0 Å². The molecule has 3 N–H and O–H groups in total. The van der Waals surface area contributed by atoms with Gasteiger partial charge in [-0.25, -0.2) is 4.79 Å². The standard InChI is InChI=1S/C18H32N6O2/c1-18(15(25)21-17(26)22-18)13-7-9-24(10-8-13)16(19-2)20-11-14(23(3)4)12-5-6-12/h12-14H,5-11H2,1-4H3,(H,19,20)(H2,21,22,25,26). The molecule has 0 bridgehead atoms. The summed E-state index contributed by atoms with van der Waals surface area (Å²) in [6.45, 7) is 4.40. The van der Waals surface area contributed by atoms with Gasteiger partial charge in [0.15, 0.2) is 5.96 Å². The Morgan fingerprint density at radius 3 is 2.42 bits per heavy atom. The minimum absolute atomic E-state index is 0.143. The van der Waals surface area contributed by atoms with Crippen molar-refractivity contribution in [2.24, 2.45) is 16.8 Å². The van der Waals surface area contributed by atoms with Gasteiger partial charge >= 0.3 is 6.03 Å². The van der Waals surface area contributed by atoms with Crippen LogP contribution in [0.3, 0.4) is 0 Å². The maximum absolute atomic E-state index is 12.1. The van der Waals surface area contributed by atoms with Crippen LogP contribution in [0.4, 0.5) is 4.79 Å². The molecule has 2 atom stereocenters. The van der Waals surface area contributed by atoms with Gasteiger partial charge in [-0.1, -0.05) is 0 Å². The molecule has 8 heteroatoms. The van der Waals surface area contributed by atoms with Gasteiger partial charge in [-0.2, -0.15) is 0 Å². The van der Waals surface area contributed by atoms with Gasteiger partial charge < -0.3 is 20.4 Å². The number of guanidine groups is 1. The second kappa shape index (κ2) is 7.42. The van der Waals surface area contributed by atoms with Crippen molar-refractivity contribution in [3.8, 4) is 0 Å². The Kier molecular flexibility index (Phi) is 5.41. The zero-order chi connectivity index (χ0) is 18.9. The van der Waals surface area contributed by atoms with Crippen molar-refractivity contribution in [1.82, 2.24) is 25.8 Å². The molecule has 0 aromatic heterocycles. The third-order valence-corrected chi connectivity index (χ3v) is 6.19. The first-order valence-electron chi connectivity index (χ1n) is 9.60. The maximum atomic E-state index is 12.1. The van der Waals surface area contributed by atoms with Gasteiger partial charge in [0, 0.05) is 32.7 Å². The quantitative estimate of drug-likeness (QED) is 0.369. The molecule has 1 saturated carbocycles. The van der Waals surface area contributed by atoms with E-state index in [2.05, 4.69) is 44.8 Å². The van der Waals surface area contributed by atoms with E-state index in [0.717, 1.165) is 44.4 Å². The van der Waals surface area contributed by atoms with Gasteiger partial charge in [-0.05, 0) is 58.5 Å². The number of likely N-dealkylation sites (N-methyl/N-ethyl adjacent to an activating group) is 1. The second-order valence-corrected chi connectivity index (χ2v) is 8.17. The Bertz CT molecular complexity index is 578. The van der Waals surface area contributed by atoms with Crippen LogP contribution in [-0.2, 0) is 4.79 Å². The monoisotopic (exact) mass is 364 g/mol. The molecule has 3 rings (SSSR count). The van der Waals surface area contributed by atoms with E-state index in [-0.39, 0.29) is 17.9 Å². The minimum atomic E-state index is -0.790. The lowest BCUT2D eigenvalue weighted by molar-refractivity contribution is -0.125. The van der Waals surface area contributed by atoms with Crippen molar-refractivity contribution in [3.63, 3.8) is 0 Å². The number of imide groups is 1. The van der Waals surface area contributed by atoms with Gasteiger partial charge in [0.05, 0.1) is 0 Å². The summed E-state index contributed by atoms with van der Waals surface area (Å²) in [4.78, 5) is 32.7. The Balaban J connectivity index is 1.53. The first kappa shape index (κ1) is 18.9. The van der Waals surface area contributed by atoms with Crippen LogP contribution in [0.15, 0.2) is 4.99 Å². The molecule has 0 radical (unpaired) electrons. The zero-order valence-corrected chi connectivity index (χ0v) is 16.3. The molecule has 0 spiro atoms. The van der Waals surface area contributed by atoms with E-state index in [0.29, 0.717) is 6.04 Å². The fraction of sp³-hybridized carbons (Fsp3) is 0.833. The Morgan fingerprint density at radius 2 is 1.96 bits per heavy atom. The van der Waals surface area contributed by atoms with Crippen molar-refractivity contribution >= 4 is 17.9 Å². The molecule has 0 aromatic rings. The van der Waals surface area contributed by atoms with E-state index >= 15 is 0 Å². The van der Waals surface area contributed by atoms with Crippen LogP contribution >= 0.6 is 0 Å². The van der Waals surface area contributed by atoms with Crippen LogP contribution < -0.4 is 16.0 Å². The molecule has 3 fully saturated rings. The molecule has 2 heterocycles. The first-order valence-corrected chi connectivity index (χ1v) is 9.60. The first-order chi connectivity index (χ1) is 12.3. The number of amides is 3.